The zero-order valence-electron chi connectivity index (χ0n) is 17.0. The van der Waals surface area contributed by atoms with Gasteiger partial charge in [0.1, 0.15) is 11.5 Å². The fourth-order valence-corrected chi connectivity index (χ4v) is 3.12. The van der Waals surface area contributed by atoms with Crippen LogP contribution in [0.1, 0.15) is 65.7 Å². The number of aromatic carboxylic acids is 1. The lowest BCUT2D eigenvalue weighted by Crippen LogP contribution is -2.08. The molecule has 30 heavy (non-hydrogen) atoms. The molecule has 2 aromatic carbocycles. The lowest BCUT2D eigenvalue weighted by molar-refractivity contribution is 0.0696. The van der Waals surface area contributed by atoms with E-state index in [4.69, 9.17) is 19.3 Å². The molecule has 1 heterocycles. The molecule has 1 N–H and O–H groups in total. The summed E-state index contributed by atoms with van der Waals surface area (Å²) in [5, 5.41) is 8.89. The molecule has 1 atom stereocenters. The van der Waals surface area contributed by atoms with E-state index in [2.05, 4.69) is 0 Å². The number of hydrogen-bond donors (Lipinski definition) is 1. The van der Waals surface area contributed by atoms with Gasteiger partial charge in [-0.05, 0) is 61.4 Å². The molecule has 1 aliphatic heterocycles. The quantitative estimate of drug-likeness (QED) is 0.213. The summed E-state index contributed by atoms with van der Waals surface area (Å²) in [5.41, 5.74) is 0.543. The van der Waals surface area contributed by atoms with Gasteiger partial charge < -0.3 is 19.3 Å². The van der Waals surface area contributed by atoms with Gasteiger partial charge in [-0.1, -0.05) is 32.1 Å². The molecule has 2 aromatic rings. The van der Waals surface area contributed by atoms with Crippen molar-refractivity contribution in [2.75, 3.05) is 13.2 Å². The monoisotopic (exact) mass is 412 g/mol. The predicted molar refractivity (Wildman–Crippen MR) is 112 cm³/mol. The van der Waals surface area contributed by atoms with Crippen LogP contribution in [0, 0.1) is 0 Å². The maximum Gasteiger partial charge on any atom is 0.343 e. The molecule has 0 aromatic heterocycles. The van der Waals surface area contributed by atoms with Gasteiger partial charge in [-0.25, -0.2) is 9.59 Å². The van der Waals surface area contributed by atoms with E-state index in [0.29, 0.717) is 24.0 Å². The molecule has 0 bridgehead atoms. The summed E-state index contributed by atoms with van der Waals surface area (Å²) in [5.74, 6) is -0.506. The number of rotatable bonds is 13. The van der Waals surface area contributed by atoms with Crippen LogP contribution in [0.4, 0.5) is 0 Å². The molecule has 0 spiro atoms. The van der Waals surface area contributed by atoms with E-state index >= 15 is 0 Å². The lowest BCUT2D eigenvalue weighted by Gasteiger charge is -2.08. The topological polar surface area (TPSA) is 85.4 Å². The number of carboxylic acid groups (broad SMARTS) is 1. The van der Waals surface area contributed by atoms with Crippen LogP contribution >= 0.6 is 0 Å². The maximum atomic E-state index is 12.2. The first-order chi connectivity index (χ1) is 14.6. The van der Waals surface area contributed by atoms with E-state index in [-0.39, 0.29) is 5.56 Å². The summed E-state index contributed by atoms with van der Waals surface area (Å²) in [7, 11) is 0. The minimum absolute atomic E-state index is 0.139. The second kappa shape index (κ2) is 11.4. The Hall–Kier alpha value is -2.86. The van der Waals surface area contributed by atoms with Gasteiger partial charge in [-0.15, -0.1) is 0 Å². The fourth-order valence-electron chi connectivity index (χ4n) is 3.12. The number of carbonyl (C=O) groups excluding carboxylic acids is 1. The van der Waals surface area contributed by atoms with Crippen LogP contribution in [-0.4, -0.2) is 36.4 Å². The Morgan fingerprint density at radius 3 is 2.03 bits per heavy atom. The third kappa shape index (κ3) is 7.52. The Morgan fingerprint density at radius 2 is 1.40 bits per heavy atom. The predicted octanol–water partition coefficient (Wildman–Crippen LogP) is 5.11. The fraction of sp³-hybridized carbons (Fsp3) is 0.417. The molecule has 0 radical (unpaired) electrons. The van der Waals surface area contributed by atoms with Crippen LogP contribution < -0.4 is 9.47 Å². The minimum atomic E-state index is -1.03. The van der Waals surface area contributed by atoms with Gasteiger partial charge in [0.15, 0.2) is 0 Å². The molecule has 6 heteroatoms. The highest BCUT2D eigenvalue weighted by Crippen LogP contribution is 2.19. The zero-order valence-corrected chi connectivity index (χ0v) is 17.0. The average molecular weight is 412 g/mol. The van der Waals surface area contributed by atoms with Gasteiger partial charge in [0.2, 0.25) is 0 Å². The van der Waals surface area contributed by atoms with Gasteiger partial charge in [0, 0.05) is 0 Å². The molecule has 1 fully saturated rings. The highest BCUT2D eigenvalue weighted by atomic mass is 16.6. The van der Waals surface area contributed by atoms with Crippen LogP contribution in [0.3, 0.4) is 0 Å². The largest absolute Gasteiger partial charge is 0.494 e. The number of epoxide rings is 1. The van der Waals surface area contributed by atoms with Crippen molar-refractivity contribution in [3.8, 4) is 11.5 Å². The summed E-state index contributed by atoms with van der Waals surface area (Å²) < 4.78 is 16.2. The lowest BCUT2D eigenvalue weighted by atomic mass is 10.1. The summed E-state index contributed by atoms with van der Waals surface area (Å²) in [6, 6.07) is 12.5. The number of carboxylic acids is 1. The first kappa shape index (κ1) is 21.8. The highest BCUT2D eigenvalue weighted by Gasteiger charge is 2.20. The van der Waals surface area contributed by atoms with Crippen LogP contribution in [0.2, 0.25) is 0 Å². The molecule has 6 nitrogen and oxygen atoms in total. The van der Waals surface area contributed by atoms with Crippen LogP contribution in [0.25, 0.3) is 0 Å². The van der Waals surface area contributed by atoms with Crippen molar-refractivity contribution < 1.29 is 28.9 Å². The molecule has 3 rings (SSSR count). The third-order valence-electron chi connectivity index (χ3n) is 4.99. The number of hydrogen-bond acceptors (Lipinski definition) is 5. The number of carbonyl (C=O) groups is 2. The zero-order chi connectivity index (χ0) is 21.2. The molecule has 1 unspecified atom stereocenters. The normalized spacial score (nSPS) is 14.9. The summed E-state index contributed by atoms with van der Waals surface area (Å²) in [6.45, 7) is 1.62. The van der Waals surface area contributed by atoms with E-state index < -0.39 is 11.9 Å². The summed E-state index contributed by atoms with van der Waals surface area (Å²) in [4.78, 5) is 23.1. The molecule has 1 aliphatic rings. The molecular formula is C24H28O6. The SMILES string of the molecule is O=C(O)c1ccc(OC(=O)c2ccc(OCCCCCCCCC3CO3)cc2)cc1. The Kier molecular flexibility index (Phi) is 8.27. The van der Waals surface area contributed by atoms with Crippen molar-refractivity contribution in [1.29, 1.82) is 0 Å². The smallest absolute Gasteiger partial charge is 0.343 e. The first-order valence-electron chi connectivity index (χ1n) is 10.5. The van der Waals surface area contributed by atoms with E-state index in [1.165, 1.54) is 56.4 Å². The highest BCUT2D eigenvalue weighted by molar-refractivity contribution is 5.91. The van der Waals surface area contributed by atoms with Crippen molar-refractivity contribution in [2.45, 2.75) is 51.0 Å². The molecule has 0 aliphatic carbocycles. The number of ether oxygens (including phenoxy) is 3. The Balaban J connectivity index is 1.30. The van der Waals surface area contributed by atoms with Gasteiger partial charge in [-0.2, -0.15) is 0 Å². The average Bonchev–Trinajstić information content (AvgIpc) is 3.58. The van der Waals surface area contributed by atoms with Gasteiger partial charge in [0.05, 0.1) is 30.4 Å². The molecule has 0 saturated carbocycles. The van der Waals surface area contributed by atoms with E-state index in [1.54, 1.807) is 24.3 Å². The number of benzene rings is 2. The first-order valence-corrected chi connectivity index (χ1v) is 10.5. The van der Waals surface area contributed by atoms with Gasteiger partial charge in [0.25, 0.3) is 0 Å². The number of esters is 1. The molecule has 160 valence electrons. The van der Waals surface area contributed by atoms with Crippen molar-refractivity contribution in [3.05, 3.63) is 59.7 Å². The van der Waals surface area contributed by atoms with Crippen LogP contribution in [0.15, 0.2) is 48.5 Å². The van der Waals surface area contributed by atoms with Crippen LogP contribution in [0.5, 0.6) is 11.5 Å². The van der Waals surface area contributed by atoms with Crippen molar-refractivity contribution >= 4 is 11.9 Å². The molecular weight excluding hydrogens is 384 g/mol. The molecule has 0 amide bonds. The van der Waals surface area contributed by atoms with Gasteiger partial charge in [-0.3, -0.25) is 0 Å². The van der Waals surface area contributed by atoms with E-state index in [0.717, 1.165) is 25.2 Å². The van der Waals surface area contributed by atoms with E-state index in [1.807, 2.05) is 0 Å². The van der Waals surface area contributed by atoms with Crippen LogP contribution in [-0.2, 0) is 4.74 Å². The summed E-state index contributed by atoms with van der Waals surface area (Å²) in [6.07, 6.45) is 8.98. The third-order valence-corrected chi connectivity index (χ3v) is 4.99. The minimum Gasteiger partial charge on any atom is -0.494 e. The Morgan fingerprint density at radius 1 is 0.833 bits per heavy atom. The van der Waals surface area contributed by atoms with E-state index in [9.17, 15) is 9.59 Å². The summed E-state index contributed by atoms with van der Waals surface area (Å²) >= 11 is 0. The standard InChI is InChI=1S/C24H28O6/c25-23(26)18-8-14-21(15-9-18)30-24(27)19-10-12-20(13-11-19)28-16-6-4-2-1-3-5-7-22-17-29-22/h8-15,22H,1-7,16-17H2,(H,25,26). The second-order valence-electron chi connectivity index (χ2n) is 7.46. The Labute approximate surface area is 176 Å². The molecule has 1 saturated heterocycles. The Bertz CT molecular complexity index is 809. The number of unbranched alkanes of at least 4 members (excludes halogenated alkanes) is 5. The maximum absolute atomic E-state index is 12.2. The second-order valence-corrected chi connectivity index (χ2v) is 7.46. The van der Waals surface area contributed by atoms with Crippen molar-refractivity contribution in [3.63, 3.8) is 0 Å². The van der Waals surface area contributed by atoms with Gasteiger partial charge >= 0.3 is 11.9 Å². The van der Waals surface area contributed by atoms with Crippen molar-refractivity contribution in [2.24, 2.45) is 0 Å². The van der Waals surface area contributed by atoms with Crippen molar-refractivity contribution in [1.82, 2.24) is 0 Å².